The van der Waals surface area contributed by atoms with Gasteiger partial charge in [0.1, 0.15) is 0 Å². The third-order valence-corrected chi connectivity index (χ3v) is 0. The molecule has 0 fully saturated rings. The van der Waals surface area contributed by atoms with Gasteiger partial charge in [0.05, 0.1) is 16.0 Å². The fourth-order valence-electron chi connectivity index (χ4n) is 0. The first-order valence-electron chi connectivity index (χ1n) is 2.63. The molecular formula is C5H12Cl6O. The van der Waals surface area contributed by atoms with Crippen LogP contribution in [-0.2, 0) is 0 Å². The van der Waals surface area contributed by atoms with Gasteiger partial charge in [-0.3, -0.25) is 0 Å². The number of alkyl halides is 6. The maximum atomic E-state index is 7.57. The Hall–Kier alpha value is 1.70. The predicted octanol–water partition coefficient (Wildman–Crippen LogP) is 4.26. The van der Waals surface area contributed by atoms with E-state index in [0.717, 1.165) is 0 Å². The average Bonchev–Trinajstić information content (AvgIpc) is 1.92. The van der Waals surface area contributed by atoms with E-state index < -0.39 is 0 Å². The quantitative estimate of drug-likeness (QED) is 0.663. The SMILES string of the molecule is CCO.ClCCl.ClCCl.ClCCl. The lowest BCUT2D eigenvalue weighted by atomic mass is 10.9. The molecule has 0 atom stereocenters. The third-order valence-electron chi connectivity index (χ3n) is 0. The van der Waals surface area contributed by atoms with Crippen LogP contribution in [0.5, 0.6) is 0 Å². The van der Waals surface area contributed by atoms with E-state index in [-0.39, 0.29) is 22.6 Å². The van der Waals surface area contributed by atoms with Crippen molar-refractivity contribution in [2.24, 2.45) is 0 Å². The monoisotopic (exact) mass is 298 g/mol. The molecule has 0 aromatic rings. The first kappa shape index (κ1) is 23.5. The molecule has 0 amide bonds. The zero-order valence-corrected chi connectivity index (χ0v) is 11.1. The van der Waals surface area contributed by atoms with Gasteiger partial charge in [0.2, 0.25) is 0 Å². The molecule has 0 aromatic carbocycles. The lowest BCUT2D eigenvalue weighted by Gasteiger charge is -1.52. The van der Waals surface area contributed by atoms with Gasteiger partial charge in [-0.2, -0.15) is 0 Å². The van der Waals surface area contributed by atoms with Crippen molar-refractivity contribution in [2.75, 3.05) is 22.6 Å². The van der Waals surface area contributed by atoms with Crippen LogP contribution in [0, 0.1) is 0 Å². The standard InChI is InChI=1S/C2H6O.3CH2Cl2/c1-2-3;3*2-1-3/h3H,2H2,1H3;3*1H2. The maximum absolute atomic E-state index is 7.57. The van der Waals surface area contributed by atoms with Crippen molar-refractivity contribution in [3.63, 3.8) is 0 Å². The van der Waals surface area contributed by atoms with E-state index in [1.54, 1.807) is 6.92 Å². The van der Waals surface area contributed by atoms with Crippen molar-refractivity contribution >= 4 is 69.6 Å². The van der Waals surface area contributed by atoms with Crippen molar-refractivity contribution < 1.29 is 5.11 Å². The summed E-state index contributed by atoms with van der Waals surface area (Å²) in [6.45, 7) is 1.93. The molecule has 0 radical (unpaired) electrons. The maximum Gasteiger partial charge on any atom is 0.0967 e. The van der Waals surface area contributed by atoms with Crippen LogP contribution < -0.4 is 0 Å². The summed E-state index contributed by atoms with van der Waals surface area (Å²) in [4.78, 5) is 0. The minimum absolute atomic E-state index is 0.194. The summed E-state index contributed by atoms with van der Waals surface area (Å²) in [6.07, 6.45) is 0. The van der Waals surface area contributed by atoms with E-state index in [1.807, 2.05) is 0 Å². The predicted molar refractivity (Wildman–Crippen MR) is 62.5 cm³/mol. The van der Waals surface area contributed by atoms with Gasteiger partial charge in [-0.15, -0.1) is 69.6 Å². The first-order valence-corrected chi connectivity index (χ1v) is 5.83. The molecule has 0 spiro atoms. The Morgan fingerprint density at radius 2 is 0.750 bits per heavy atom. The molecule has 0 saturated carbocycles. The highest BCUT2D eigenvalue weighted by molar-refractivity contribution is 6.41. The largest absolute Gasteiger partial charge is 0.397 e. The molecule has 1 N–H and O–H groups in total. The molecule has 0 aliphatic rings. The molecule has 7 heteroatoms. The number of hydrogen-bond donors (Lipinski definition) is 1. The lowest BCUT2D eigenvalue weighted by molar-refractivity contribution is 0.318. The Kier molecular flexibility index (Phi) is 105. The van der Waals surface area contributed by atoms with Gasteiger partial charge in [0.25, 0.3) is 0 Å². The number of rotatable bonds is 0. The van der Waals surface area contributed by atoms with E-state index >= 15 is 0 Å². The third kappa shape index (κ3) is 464. The van der Waals surface area contributed by atoms with Crippen molar-refractivity contribution in [1.82, 2.24) is 0 Å². The second-order valence-electron chi connectivity index (χ2n) is 0.619. The molecule has 1 nitrogen and oxygen atoms in total. The second-order valence-corrected chi connectivity index (χ2v) is 3.04. The van der Waals surface area contributed by atoms with Crippen LogP contribution in [0.2, 0.25) is 0 Å². The zero-order valence-electron chi connectivity index (χ0n) is 6.54. The minimum atomic E-state index is 0.194. The van der Waals surface area contributed by atoms with E-state index in [1.165, 1.54) is 0 Å². The number of hydrogen-bond acceptors (Lipinski definition) is 1. The van der Waals surface area contributed by atoms with E-state index in [2.05, 4.69) is 0 Å². The summed E-state index contributed by atoms with van der Waals surface area (Å²) in [6, 6.07) is 0. The summed E-state index contributed by atoms with van der Waals surface area (Å²) in [5.74, 6) is 0. The molecular weight excluding hydrogens is 289 g/mol. The van der Waals surface area contributed by atoms with Gasteiger partial charge in [-0.25, -0.2) is 0 Å². The highest BCUT2D eigenvalue weighted by Gasteiger charge is 1.42. The average molecular weight is 301 g/mol. The Balaban J connectivity index is -0.0000000356. The molecule has 12 heavy (non-hydrogen) atoms. The van der Waals surface area contributed by atoms with Crippen LogP contribution in [0.15, 0.2) is 0 Å². The van der Waals surface area contributed by atoms with Gasteiger partial charge in [0, 0.05) is 6.61 Å². The second kappa shape index (κ2) is 53.5. The summed E-state index contributed by atoms with van der Waals surface area (Å²) >= 11 is 28.6. The molecule has 0 rings (SSSR count). The number of halogens is 6. The normalized spacial score (nSPS) is 6.00. The molecule has 0 aliphatic carbocycles. The van der Waals surface area contributed by atoms with Gasteiger partial charge >= 0.3 is 0 Å². The number of aliphatic hydroxyl groups excluding tert-OH is 1. The Morgan fingerprint density at radius 1 is 0.750 bits per heavy atom. The molecule has 0 heterocycles. The Labute approximate surface area is 104 Å². The highest BCUT2D eigenvalue weighted by atomic mass is 35.5. The van der Waals surface area contributed by atoms with Crippen molar-refractivity contribution in [3.05, 3.63) is 0 Å². The van der Waals surface area contributed by atoms with Gasteiger partial charge in [-0.05, 0) is 6.92 Å². The fraction of sp³-hybridized carbons (Fsp3) is 1.00. The van der Waals surface area contributed by atoms with Crippen LogP contribution in [0.4, 0.5) is 0 Å². The van der Waals surface area contributed by atoms with Crippen LogP contribution in [0.1, 0.15) is 6.92 Å². The molecule has 0 saturated heterocycles. The van der Waals surface area contributed by atoms with E-state index in [4.69, 9.17) is 74.7 Å². The smallest absolute Gasteiger partial charge is 0.0967 e. The summed E-state index contributed by atoms with van der Waals surface area (Å²) < 4.78 is 0. The van der Waals surface area contributed by atoms with E-state index in [9.17, 15) is 0 Å². The van der Waals surface area contributed by atoms with Crippen molar-refractivity contribution in [3.8, 4) is 0 Å². The lowest BCUT2D eigenvalue weighted by Crippen LogP contribution is -1.57. The minimum Gasteiger partial charge on any atom is -0.397 e. The fourth-order valence-corrected chi connectivity index (χ4v) is 0. The van der Waals surface area contributed by atoms with Gasteiger partial charge in [-0.1, -0.05) is 0 Å². The summed E-state index contributed by atoms with van der Waals surface area (Å²) in [5, 5.41) is 8.15. The number of aliphatic hydroxyl groups is 1. The Bertz CT molecular complexity index is 23.9. The molecule has 0 aliphatic heterocycles. The van der Waals surface area contributed by atoms with Crippen LogP contribution >= 0.6 is 69.6 Å². The van der Waals surface area contributed by atoms with Crippen molar-refractivity contribution in [2.45, 2.75) is 6.92 Å². The van der Waals surface area contributed by atoms with Crippen LogP contribution in [0.3, 0.4) is 0 Å². The van der Waals surface area contributed by atoms with E-state index in [0.29, 0.717) is 0 Å². The summed E-state index contributed by atoms with van der Waals surface area (Å²) in [5.41, 5.74) is 0. The highest BCUT2D eigenvalue weighted by Crippen LogP contribution is 1.73. The molecule has 0 aromatic heterocycles. The van der Waals surface area contributed by atoms with Crippen LogP contribution in [-0.4, -0.2) is 27.7 Å². The van der Waals surface area contributed by atoms with Gasteiger partial charge < -0.3 is 5.11 Å². The molecule has 80 valence electrons. The van der Waals surface area contributed by atoms with Crippen molar-refractivity contribution in [1.29, 1.82) is 0 Å². The van der Waals surface area contributed by atoms with Crippen LogP contribution in [0.25, 0.3) is 0 Å². The topological polar surface area (TPSA) is 20.2 Å². The first-order chi connectivity index (χ1) is 5.66. The molecule has 0 unspecified atom stereocenters. The zero-order chi connectivity index (χ0) is 10.8. The summed E-state index contributed by atoms with van der Waals surface area (Å²) in [7, 11) is 0. The van der Waals surface area contributed by atoms with Gasteiger partial charge in [0.15, 0.2) is 0 Å². The molecule has 0 bridgehead atoms. The Morgan fingerprint density at radius 3 is 0.750 bits per heavy atom.